The number of likely N-dealkylation sites (tertiary alicyclic amines) is 2. The number of hydrogen-bond acceptors (Lipinski definition) is 3. The molecule has 2 fully saturated rings. The molecule has 1 N–H and O–H groups in total. The SMILES string of the molecule is CC1CCN(C(=O)NCCCN2C(=O)C[C@H](C)C2=O)C1. The second-order valence-corrected chi connectivity index (χ2v) is 5.91. The lowest BCUT2D eigenvalue weighted by molar-refractivity contribution is -0.139. The normalized spacial score (nSPS) is 26.5. The molecule has 0 aromatic rings. The Morgan fingerprint density at radius 2 is 2.10 bits per heavy atom. The monoisotopic (exact) mass is 281 g/mol. The van der Waals surface area contributed by atoms with E-state index in [-0.39, 0.29) is 23.8 Å². The average Bonchev–Trinajstić information content (AvgIpc) is 2.92. The zero-order chi connectivity index (χ0) is 14.7. The van der Waals surface area contributed by atoms with E-state index in [0.717, 1.165) is 19.5 Å². The first-order chi connectivity index (χ1) is 9.49. The van der Waals surface area contributed by atoms with Crippen molar-refractivity contribution in [3.63, 3.8) is 0 Å². The standard InChI is InChI=1S/C14H23N3O3/c1-10-4-7-16(9-10)14(20)15-5-3-6-17-12(18)8-11(2)13(17)19/h10-11H,3-9H2,1-2H3,(H,15,20)/t10?,11-/m0/s1. The van der Waals surface area contributed by atoms with E-state index >= 15 is 0 Å². The van der Waals surface area contributed by atoms with Gasteiger partial charge in [-0.05, 0) is 18.8 Å². The Labute approximate surface area is 119 Å². The summed E-state index contributed by atoms with van der Waals surface area (Å²) in [5.74, 6) is 0.196. The minimum absolute atomic E-state index is 0.0400. The van der Waals surface area contributed by atoms with E-state index < -0.39 is 0 Å². The summed E-state index contributed by atoms with van der Waals surface area (Å²) in [6.07, 6.45) is 1.98. The van der Waals surface area contributed by atoms with Crippen molar-refractivity contribution in [1.82, 2.24) is 15.1 Å². The third-order valence-corrected chi connectivity index (χ3v) is 4.02. The number of nitrogens with zero attached hydrogens (tertiary/aromatic N) is 2. The molecule has 0 aromatic carbocycles. The second-order valence-electron chi connectivity index (χ2n) is 5.91. The summed E-state index contributed by atoms with van der Waals surface area (Å²) in [5.41, 5.74) is 0. The Morgan fingerprint density at radius 1 is 1.35 bits per heavy atom. The fourth-order valence-corrected chi connectivity index (χ4v) is 2.75. The minimum Gasteiger partial charge on any atom is -0.338 e. The highest BCUT2D eigenvalue weighted by Gasteiger charge is 2.34. The first kappa shape index (κ1) is 14.8. The van der Waals surface area contributed by atoms with Crippen LogP contribution >= 0.6 is 0 Å². The largest absolute Gasteiger partial charge is 0.338 e. The maximum absolute atomic E-state index is 11.8. The van der Waals surface area contributed by atoms with Gasteiger partial charge in [0.1, 0.15) is 0 Å². The summed E-state index contributed by atoms with van der Waals surface area (Å²) < 4.78 is 0. The maximum Gasteiger partial charge on any atom is 0.317 e. The predicted octanol–water partition coefficient (Wildman–Crippen LogP) is 0.823. The molecule has 2 rings (SSSR count). The van der Waals surface area contributed by atoms with Gasteiger partial charge in [-0.2, -0.15) is 0 Å². The predicted molar refractivity (Wildman–Crippen MR) is 73.9 cm³/mol. The molecule has 6 heteroatoms. The highest BCUT2D eigenvalue weighted by Crippen LogP contribution is 2.18. The van der Waals surface area contributed by atoms with E-state index in [0.29, 0.717) is 31.8 Å². The molecule has 2 heterocycles. The number of imide groups is 1. The van der Waals surface area contributed by atoms with Crippen LogP contribution in [0.2, 0.25) is 0 Å². The lowest BCUT2D eigenvalue weighted by Gasteiger charge is -2.18. The molecule has 2 aliphatic rings. The van der Waals surface area contributed by atoms with Crippen molar-refractivity contribution in [3.8, 4) is 0 Å². The van der Waals surface area contributed by atoms with Crippen LogP contribution < -0.4 is 5.32 Å². The molecule has 4 amide bonds. The number of hydrogen-bond donors (Lipinski definition) is 1. The molecular formula is C14H23N3O3. The molecule has 1 unspecified atom stereocenters. The first-order valence-corrected chi connectivity index (χ1v) is 7.36. The zero-order valence-corrected chi connectivity index (χ0v) is 12.2. The Morgan fingerprint density at radius 3 is 2.65 bits per heavy atom. The topological polar surface area (TPSA) is 69.7 Å². The van der Waals surface area contributed by atoms with Crippen molar-refractivity contribution < 1.29 is 14.4 Å². The summed E-state index contributed by atoms with van der Waals surface area (Å²) >= 11 is 0. The molecule has 0 spiro atoms. The molecule has 0 radical (unpaired) electrons. The minimum atomic E-state index is -0.192. The van der Waals surface area contributed by atoms with E-state index in [1.54, 1.807) is 6.92 Å². The Bertz CT molecular complexity index is 410. The number of nitrogens with one attached hydrogen (secondary N) is 1. The van der Waals surface area contributed by atoms with Crippen LogP contribution in [0.15, 0.2) is 0 Å². The van der Waals surface area contributed by atoms with E-state index in [1.807, 2.05) is 4.90 Å². The maximum atomic E-state index is 11.8. The number of carbonyl (C=O) groups is 3. The van der Waals surface area contributed by atoms with E-state index in [2.05, 4.69) is 12.2 Å². The fraction of sp³-hybridized carbons (Fsp3) is 0.786. The van der Waals surface area contributed by atoms with Gasteiger partial charge in [-0.15, -0.1) is 0 Å². The van der Waals surface area contributed by atoms with Crippen molar-refractivity contribution in [2.45, 2.75) is 33.1 Å². The smallest absolute Gasteiger partial charge is 0.317 e. The van der Waals surface area contributed by atoms with Gasteiger partial charge < -0.3 is 10.2 Å². The summed E-state index contributed by atoms with van der Waals surface area (Å²) in [6.45, 7) is 6.43. The summed E-state index contributed by atoms with van der Waals surface area (Å²) in [5, 5.41) is 2.85. The molecule has 0 bridgehead atoms. The lowest BCUT2D eigenvalue weighted by Crippen LogP contribution is -2.40. The van der Waals surface area contributed by atoms with Crippen LogP contribution in [0.4, 0.5) is 4.79 Å². The Hall–Kier alpha value is -1.59. The Balaban J connectivity index is 1.65. The van der Waals surface area contributed by atoms with Crippen molar-refractivity contribution in [3.05, 3.63) is 0 Å². The van der Waals surface area contributed by atoms with Crippen LogP contribution in [-0.2, 0) is 9.59 Å². The quantitative estimate of drug-likeness (QED) is 0.613. The number of amides is 4. The van der Waals surface area contributed by atoms with Crippen molar-refractivity contribution >= 4 is 17.8 Å². The molecule has 20 heavy (non-hydrogen) atoms. The van der Waals surface area contributed by atoms with Crippen LogP contribution in [0, 0.1) is 11.8 Å². The molecule has 0 aromatic heterocycles. The third kappa shape index (κ3) is 3.29. The first-order valence-electron chi connectivity index (χ1n) is 7.36. The molecular weight excluding hydrogens is 258 g/mol. The van der Waals surface area contributed by atoms with E-state index in [4.69, 9.17) is 0 Å². The van der Waals surface area contributed by atoms with Crippen LogP contribution in [0.25, 0.3) is 0 Å². The molecule has 2 aliphatic heterocycles. The van der Waals surface area contributed by atoms with Gasteiger partial charge in [-0.25, -0.2) is 4.79 Å². The van der Waals surface area contributed by atoms with Gasteiger partial charge >= 0.3 is 6.03 Å². The summed E-state index contributed by atoms with van der Waals surface area (Å²) in [7, 11) is 0. The Kier molecular flexibility index (Phi) is 4.62. The van der Waals surface area contributed by atoms with E-state index in [9.17, 15) is 14.4 Å². The molecule has 0 aliphatic carbocycles. The van der Waals surface area contributed by atoms with Gasteiger partial charge in [0.05, 0.1) is 0 Å². The van der Waals surface area contributed by atoms with Crippen LogP contribution in [0.1, 0.15) is 33.1 Å². The average molecular weight is 281 g/mol. The van der Waals surface area contributed by atoms with Crippen molar-refractivity contribution in [2.24, 2.45) is 11.8 Å². The summed E-state index contributed by atoms with van der Waals surface area (Å²) in [6, 6.07) is -0.0400. The van der Waals surface area contributed by atoms with Crippen molar-refractivity contribution in [2.75, 3.05) is 26.2 Å². The molecule has 2 atom stereocenters. The van der Waals surface area contributed by atoms with Gasteiger partial charge in [0, 0.05) is 38.5 Å². The fourth-order valence-electron chi connectivity index (χ4n) is 2.75. The zero-order valence-electron chi connectivity index (χ0n) is 12.2. The molecule has 0 saturated carbocycles. The van der Waals surface area contributed by atoms with Gasteiger partial charge in [-0.3, -0.25) is 14.5 Å². The lowest BCUT2D eigenvalue weighted by atomic mass is 10.1. The van der Waals surface area contributed by atoms with Crippen LogP contribution in [-0.4, -0.2) is 53.8 Å². The van der Waals surface area contributed by atoms with Crippen molar-refractivity contribution in [1.29, 1.82) is 0 Å². The van der Waals surface area contributed by atoms with Crippen LogP contribution in [0.5, 0.6) is 0 Å². The van der Waals surface area contributed by atoms with Gasteiger partial charge in [0.25, 0.3) is 0 Å². The summed E-state index contributed by atoms with van der Waals surface area (Å²) in [4.78, 5) is 38.2. The highest BCUT2D eigenvalue weighted by atomic mass is 16.2. The third-order valence-electron chi connectivity index (χ3n) is 4.02. The molecule has 112 valence electrons. The van der Waals surface area contributed by atoms with E-state index in [1.165, 1.54) is 4.90 Å². The van der Waals surface area contributed by atoms with Gasteiger partial charge in [0.15, 0.2) is 0 Å². The molecule has 2 saturated heterocycles. The van der Waals surface area contributed by atoms with Gasteiger partial charge in [0.2, 0.25) is 11.8 Å². The number of urea groups is 1. The number of rotatable bonds is 4. The second kappa shape index (κ2) is 6.24. The van der Waals surface area contributed by atoms with Gasteiger partial charge in [-0.1, -0.05) is 13.8 Å². The van der Waals surface area contributed by atoms with Crippen LogP contribution in [0.3, 0.4) is 0 Å². The molecule has 6 nitrogen and oxygen atoms in total. The number of carbonyl (C=O) groups excluding carboxylic acids is 3. The highest BCUT2D eigenvalue weighted by molar-refractivity contribution is 6.03.